The van der Waals surface area contributed by atoms with E-state index in [-0.39, 0.29) is 91.4 Å². The normalized spacial score (nSPS) is 12.1. The van der Waals surface area contributed by atoms with Gasteiger partial charge in [0.2, 0.25) is 0 Å². The maximum absolute atomic E-state index is 12.6. The molecule has 220 valence electrons. The molecule has 0 heterocycles. The molecular formula is C26H20N2Na2O10S4. The molecule has 0 saturated carbocycles. The average molecular weight is 695 g/mol. The molecule has 0 aliphatic carbocycles. The van der Waals surface area contributed by atoms with Gasteiger partial charge in [-0.2, -0.15) is 0 Å². The van der Waals surface area contributed by atoms with E-state index in [1.165, 1.54) is 60.7 Å². The SMILES string of the molecule is O=S(=O)([O-])c1cc(NS(=O)(=O)c2ccccc2)ccc1/C=C/c1ccc(NS(=O)(=O)c2ccccc2)cc1S(=O)(=O)[O-].[Na+].[Na+]. The van der Waals surface area contributed by atoms with Crippen molar-refractivity contribution in [3.05, 3.63) is 108 Å². The van der Waals surface area contributed by atoms with Crippen molar-refractivity contribution in [2.75, 3.05) is 9.44 Å². The van der Waals surface area contributed by atoms with Gasteiger partial charge in [0.05, 0.1) is 31.0 Å². The van der Waals surface area contributed by atoms with Crippen LogP contribution in [0.15, 0.2) is 117 Å². The Labute approximate surface area is 299 Å². The predicted molar refractivity (Wildman–Crippen MR) is 152 cm³/mol. The zero-order valence-electron chi connectivity index (χ0n) is 23.1. The van der Waals surface area contributed by atoms with Crippen molar-refractivity contribution in [3.63, 3.8) is 0 Å². The van der Waals surface area contributed by atoms with E-state index in [1.807, 2.05) is 0 Å². The third-order valence-corrected chi connectivity index (χ3v) is 10.2. The third kappa shape index (κ3) is 9.72. The number of benzene rings is 4. The van der Waals surface area contributed by atoms with Crippen LogP contribution in [-0.2, 0) is 40.3 Å². The molecular weight excluding hydrogens is 675 g/mol. The summed E-state index contributed by atoms with van der Waals surface area (Å²) in [4.78, 5) is -1.88. The van der Waals surface area contributed by atoms with Gasteiger partial charge in [-0.1, -0.05) is 60.7 Å². The van der Waals surface area contributed by atoms with E-state index in [4.69, 9.17) is 0 Å². The molecule has 44 heavy (non-hydrogen) atoms. The van der Waals surface area contributed by atoms with E-state index in [0.717, 1.165) is 36.4 Å². The van der Waals surface area contributed by atoms with Crippen LogP contribution in [0.4, 0.5) is 11.4 Å². The molecule has 18 heteroatoms. The Hall–Kier alpha value is -2.06. The Morgan fingerprint density at radius 2 is 0.795 bits per heavy atom. The number of hydrogen-bond donors (Lipinski definition) is 2. The van der Waals surface area contributed by atoms with Gasteiger partial charge in [-0.3, -0.25) is 9.44 Å². The van der Waals surface area contributed by atoms with Gasteiger partial charge in [-0.15, -0.1) is 0 Å². The fourth-order valence-electron chi connectivity index (χ4n) is 3.71. The van der Waals surface area contributed by atoms with Crippen LogP contribution >= 0.6 is 0 Å². The quantitative estimate of drug-likeness (QED) is 0.0996. The third-order valence-electron chi connectivity index (χ3n) is 5.62. The first kappa shape index (κ1) is 38.1. The van der Waals surface area contributed by atoms with Crippen LogP contribution in [0.1, 0.15) is 11.1 Å². The van der Waals surface area contributed by atoms with Gasteiger partial charge in [-0.25, -0.2) is 33.7 Å². The Bertz CT molecular complexity index is 1960. The molecule has 0 bridgehead atoms. The van der Waals surface area contributed by atoms with E-state index >= 15 is 0 Å². The number of nitrogens with one attached hydrogen (secondary N) is 2. The van der Waals surface area contributed by atoms with Gasteiger partial charge < -0.3 is 9.11 Å². The van der Waals surface area contributed by atoms with Gasteiger partial charge in [0, 0.05) is 0 Å². The van der Waals surface area contributed by atoms with Crippen molar-refractivity contribution in [2.45, 2.75) is 19.6 Å². The van der Waals surface area contributed by atoms with Crippen LogP contribution in [0, 0.1) is 0 Å². The van der Waals surface area contributed by atoms with E-state index < -0.39 is 50.1 Å². The van der Waals surface area contributed by atoms with Crippen LogP contribution in [-0.4, -0.2) is 42.8 Å². The topological polar surface area (TPSA) is 207 Å². The average Bonchev–Trinajstić information content (AvgIpc) is 2.92. The summed E-state index contributed by atoms with van der Waals surface area (Å²) in [5, 5.41) is 0. The molecule has 0 aliphatic rings. The molecule has 12 nitrogen and oxygen atoms in total. The molecule has 0 amide bonds. The fraction of sp³-hybridized carbons (Fsp3) is 0. The molecule has 0 fully saturated rings. The van der Waals surface area contributed by atoms with E-state index in [0.29, 0.717) is 0 Å². The maximum Gasteiger partial charge on any atom is 1.00 e. The largest absolute Gasteiger partial charge is 1.00 e. The summed E-state index contributed by atoms with van der Waals surface area (Å²) in [6.45, 7) is 0. The molecule has 0 radical (unpaired) electrons. The number of sulfonamides is 2. The summed E-state index contributed by atoms with van der Waals surface area (Å²) in [5.74, 6) is 0. The van der Waals surface area contributed by atoms with Crippen molar-refractivity contribution < 1.29 is 102 Å². The fourth-order valence-corrected chi connectivity index (χ4v) is 7.24. The summed E-state index contributed by atoms with van der Waals surface area (Å²) >= 11 is 0. The Morgan fingerprint density at radius 3 is 1.09 bits per heavy atom. The second kappa shape index (κ2) is 15.0. The molecule has 0 spiro atoms. The van der Waals surface area contributed by atoms with Crippen molar-refractivity contribution in [1.29, 1.82) is 0 Å². The molecule has 0 atom stereocenters. The zero-order valence-corrected chi connectivity index (χ0v) is 30.4. The summed E-state index contributed by atoms with van der Waals surface area (Å²) in [7, 11) is -18.6. The van der Waals surface area contributed by atoms with Crippen molar-refractivity contribution in [2.24, 2.45) is 0 Å². The molecule has 4 rings (SSSR count). The number of rotatable bonds is 10. The summed E-state index contributed by atoms with van der Waals surface area (Å²) in [5.41, 5.74) is -0.946. The second-order valence-corrected chi connectivity index (χ2v) is 14.6. The Balaban J connectivity index is 0.00000337. The number of hydrogen-bond acceptors (Lipinski definition) is 10. The molecule has 0 unspecified atom stereocenters. The molecule has 0 saturated heterocycles. The zero-order chi connectivity index (χ0) is 30.8. The minimum atomic E-state index is -5.17. The molecule has 4 aromatic carbocycles. The first-order chi connectivity index (χ1) is 19.6. The second-order valence-electron chi connectivity index (χ2n) is 8.58. The monoisotopic (exact) mass is 694 g/mol. The van der Waals surface area contributed by atoms with Gasteiger partial charge in [0.15, 0.2) is 0 Å². The molecule has 0 aliphatic heterocycles. The smallest absolute Gasteiger partial charge is 0.744 e. The van der Waals surface area contributed by atoms with Crippen LogP contribution in [0.5, 0.6) is 0 Å². The van der Waals surface area contributed by atoms with Gasteiger partial charge >= 0.3 is 59.1 Å². The van der Waals surface area contributed by atoms with Gasteiger partial charge in [0.1, 0.15) is 20.2 Å². The summed E-state index contributed by atoms with van der Waals surface area (Å²) < 4.78 is 127. The maximum atomic E-state index is 12.6. The van der Waals surface area contributed by atoms with Crippen LogP contribution in [0.25, 0.3) is 12.2 Å². The summed E-state index contributed by atoms with van der Waals surface area (Å²) in [6.07, 6.45) is 2.08. The molecule has 4 aromatic rings. The Morgan fingerprint density at radius 1 is 0.477 bits per heavy atom. The van der Waals surface area contributed by atoms with Crippen molar-refractivity contribution >= 4 is 63.8 Å². The van der Waals surface area contributed by atoms with Crippen molar-refractivity contribution in [1.82, 2.24) is 0 Å². The first-order valence-corrected chi connectivity index (χ1v) is 17.4. The predicted octanol–water partition coefficient (Wildman–Crippen LogP) is -2.73. The molecule has 0 aromatic heterocycles. The van der Waals surface area contributed by atoms with E-state index in [1.54, 1.807) is 12.1 Å². The van der Waals surface area contributed by atoms with Crippen molar-refractivity contribution in [3.8, 4) is 0 Å². The summed E-state index contributed by atoms with van der Waals surface area (Å²) in [6, 6.07) is 20.6. The van der Waals surface area contributed by atoms with E-state index in [9.17, 15) is 42.8 Å². The minimum absolute atomic E-state index is 0. The van der Waals surface area contributed by atoms with E-state index in [2.05, 4.69) is 9.44 Å². The Kier molecular flexibility index (Phi) is 13.0. The van der Waals surface area contributed by atoms with Crippen LogP contribution in [0.2, 0.25) is 0 Å². The van der Waals surface area contributed by atoms with Gasteiger partial charge in [0.25, 0.3) is 20.0 Å². The standard InChI is InChI=1S/C26H22N2O10S4.2Na/c29-39(30,23-7-3-1-4-8-23)27-21-15-13-19(25(17-21)41(33,34)35)11-12-20-14-16-22(18-26(20)42(36,37)38)28-40(31,32)24-9-5-2-6-10-24;;/h1-18,27-28H,(H,33,34,35)(H,36,37,38);;/q;2*+1/p-2/b12-11+;;. The van der Waals surface area contributed by atoms with Crippen LogP contribution < -0.4 is 68.6 Å². The minimum Gasteiger partial charge on any atom is -0.744 e. The van der Waals surface area contributed by atoms with Crippen LogP contribution in [0.3, 0.4) is 0 Å². The van der Waals surface area contributed by atoms with Gasteiger partial charge in [-0.05, 0) is 59.7 Å². The number of anilines is 2. The first-order valence-electron chi connectivity index (χ1n) is 11.6. The molecule has 2 N–H and O–H groups in total.